The van der Waals surface area contributed by atoms with Crippen LogP contribution in [0, 0.1) is 5.92 Å². The maximum atomic E-state index is 4.79. The van der Waals surface area contributed by atoms with Crippen LogP contribution in [0.3, 0.4) is 0 Å². The molecule has 1 aromatic heterocycles. The first-order chi connectivity index (χ1) is 6.90. The largest absolute Gasteiger partial charge is 0.364 e. The smallest absolute Gasteiger partial charge is 0.124 e. The van der Waals surface area contributed by atoms with Crippen molar-refractivity contribution < 1.29 is 4.52 Å². The maximum Gasteiger partial charge on any atom is 0.124 e. The lowest BCUT2D eigenvalue weighted by Crippen LogP contribution is -2.30. The zero-order chi connectivity index (χ0) is 9.80. The molecule has 0 aliphatic heterocycles. The summed E-state index contributed by atoms with van der Waals surface area (Å²) in [7, 11) is 0. The fourth-order valence-electron chi connectivity index (χ4n) is 1.88. The van der Waals surface area contributed by atoms with Gasteiger partial charge in [0.05, 0.1) is 5.69 Å². The zero-order valence-electron chi connectivity index (χ0n) is 8.70. The molecule has 0 saturated heterocycles. The van der Waals surface area contributed by atoms with Crippen LogP contribution < -0.4 is 5.32 Å². The van der Waals surface area contributed by atoms with E-state index in [0.717, 1.165) is 18.2 Å². The van der Waals surface area contributed by atoms with Gasteiger partial charge in [-0.2, -0.15) is 0 Å². The van der Waals surface area contributed by atoms with Crippen molar-refractivity contribution >= 4 is 0 Å². The van der Waals surface area contributed by atoms with E-state index in [1.54, 1.807) is 6.26 Å². The fraction of sp³-hybridized carbons (Fsp3) is 0.727. The molecular weight excluding hydrogens is 176 g/mol. The van der Waals surface area contributed by atoms with Gasteiger partial charge in [-0.15, -0.1) is 0 Å². The lowest BCUT2D eigenvalue weighted by atomic mass is 10.1. The van der Waals surface area contributed by atoms with Gasteiger partial charge < -0.3 is 9.84 Å². The van der Waals surface area contributed by atoms with Gasteiger partial charge in [-0.1, -0.05) is 18.5 Å². The van der Waals surface area contributed by atoms with Crippen molar-refractivity contribution in [3.8, 4) is 0 Å². The SMILES string of the molecule is CCCC(NCc1ccon1)C1CC1. The lowest BCUT2D eigenvalue weighted by Gasteiger charge is -2.16. The molecule has 0 amide bonds. The van der Waals surface area contributed by atoms with Gasteiger partial charge in [0.2, 0.25) is 0 Å². The summed E-state index contributed by atoms with van der Waals surface area (Å²) in [6, 6.07) is 2.61. The predicted octanol–water partition coefficient (Wildman–Crippen LogP) is 2.34. The summed E-state index contributed by atoms with van der Waals surface area (Å²) < 4.78 is 4.79. The van der Waals surface area contributed by atoms with Crippen molar-refractivity contribution in [3.63, 3.8) is 0 Å². The molecule has 2 rings (SSSR count). The number of nitrogens with zero attached hydrogens (tertiary/aromatic N) is 1. The molecule has 1 aliphatic rings. The molecule has 0 aromatic carbocycles. The number of rotatable bonds is 6. The Hall–Kier alpha value is -0.830. The van der Waals surface area contributed by atoms with Crippen molar-refractivity contribution in [2.75, 3.05) is 0 Å². The average Bonchev–Trinajstić information content (AvgIpc) is 2.90. The van der Waals surface area contributed by atoms with E-state index in [4.69, 9.17) is 4.52 Å². The van der Waals surface area contributed by atoms with Gasteiger partial charge >= 0.3 is 0 Å². The Morgan fingerprint density at radius 2 is 2.50 bits per heavy atom. The summed E-state index contributed by atoms with van der Waals surface area (Å²) in [5, 5.41) is 7.45. The Labute approximate surface area is 84.9 Å². The van der Waals surface area contributed by atoms with Crippen molar-refractivity contribution in [1.29, 1.82) is 0 Å². The Bertz CT molecular complexity index is 254. The monoisotopic (exact) mass is 194 g/mol. The Morgan fingerprint density at radius 1 is 1.64 bits per heavy atom. The standard InChI is InChI=1S/C11H18N2O/c1-2-3-11(9-4-5-9)12-8-10-6-7-14-13-10/h6-7,9,11-12H,2-5,8H2,1H3. The van der Waals surface area contributed by atoms with Crippen LogP contribution in [-0.4, -0.2) is 11.2 Å². The molecule has 78 valence electrons. The van der Waals surface area contributed by atoms with Crippen molar-refractivity contribution in [2.45, 2.75) is 45.2 Å². The van der Waals surface area contributed by atoms with Crippen LogP contribution >= 0.6 is 0 Å². The van der Waals surface area contributed by atoms with Gasteiger partial charge in [0.25, 0.3) is 0 Å². The first-order valence-corrected chi connectivity index (χ1v) is 5.52. The molecule has 14 heavy (non-hydrogen) atoms. The molecular formula is C11H18N2O. The third-order valence-corrected chi connectivity index (χ3v) is 2.83. The summed E-state index contributed by atoms with van der Waals surface area (Å²) in [6.07, 6.45) is 6.96. The highest BCUT2D eigenvalue weighted by Crippen LogP contribution is 2.34. The normalized spacial score (nSPS) is 18.4. The van der Waals surface area contributed by atoms with Gasteiger partial charge in [-0.05, 0) is 25.2 Å². The van der Waals surface area contributed by atoms with E-state index in [1.165, 1.54) is 25.7 Å². The van der Waals surface area contributed by atoms with Crippen LogP contribution in [0.4, 0.5) is 0 Å². The van der Waals surface area contributed by atoms with Crippen LogP contribution in [0.2, 0.25) is 0 Å². The molecule has 3 nitrogen and oxygen atoms in total. The van der Waals surface area contributed by atoms with Crippen LogP contribution in [0.5, 0.6) is 0 Å². The summed E-state index contributed by atoms with van der Waals surface area (Å²) in [5.74, 6) is 0.918. The minimum Gasteiger partial charge on any atom is -0.364 e. The highest BCUT2D eigenvalue weighted by molar-refractivity contribution is 4.96. The number of aromatic nitrogens is 1. The second-order valence-corrected chi connectivity index (χ2v) is 4.10. The molecule has 1 fully saturated rings. The van der Waals surface area contributed by atoms with Gasteiger partial charge in [-0.3, -0.25) is 0 Å². The Morgan fingerprint density at radius 3 is 3.07 bits per heavy atom. The minimum atomic E-state index is 0.691. The predicted molar refractivity (Wildman–Crippen MR) is 54.8 cm³/mol. The number of hydrogen-bond acceptors (Lipinski definition) is 3. The molecule has 1 aromatic rings. The Balaban J connectivity index is 1.76. The molecule has 0 spiro atoms. The molecule has 1 N–H and O–H groups in total. The second kappa shape index (κ2) is 4.60. The van der Waals surface area contributed by atoms with E-state index < -0.39 is 0 Å². The van der Waals surface area contributed by atoms with Crippen molar-refractivity contribution in [3.05, 3.63) is 18.0 Å². The third kappa shape index (κ3) is 2.58. The summed E-state index contributed by atoms with van der Waals surface area (Å²) >= 11 is 0. The van der Waals surface area contributed by atoms with E-state index in [2.05, 4.69) is 17.4 Å². The average molecular weight is 194 g/mol. The van der Waals surface area contributed by atoms with Crippen molar-refractivity contribution in [1.82, 2.24) is 10.5 Å². The number of nitrogens with one attached hydrogen (secondary N) is 1. The van der Waals surface area contributed by atoms with E-state index in [1.807, 2.05) is 6.07 Å². The summed E-state index contributed by atoms with van der Waals surface area (Å²) in [6.45, 7) is 3.09. The molecule has 1 aliphatic carbocycles. The van der Waals surface area contributed by atoms with Gasteiger partial charge in [0, 0.05) is 18.7 Å². The fourth-order valence-corrected chi connectivity index (χ4v) is 1.88. The molecule has 1 heterocycles. The molecule has 1 atom stereocenters. The van der Waals surface area contributed by atoms with E-state index in [0.29, 0.717) is 6.04 Å². The molecule has 3 heteroatoms. The lowest BCUT2D eigenvalue weighted by molar-refractivity contribution is 0.391. The van der Waals surface area contributed by atoms with Gasteiger partial charge in [0.1, 0.15) is 6.26 Å². The molecule has 0 radical (unpaired) electrons. The Kier molecular flexibility index (Phi) is 3.19. The van der Waals surface area contributed by atoms with Crippen LogP contribution in [0.1, 0.15) is 38.3 Å². The number of hydrogen-bond donors (Lipinski definition) is 1. The van der Waals surface area contributed by atoms with Crippen LogP contribution in [0.25, 0.3) is 0 Å². The first kappa shape index (κ1) is 9.71. The van der Waals surface area contributed by atoms with Gasteiger partial charge in [0.15, 0.2) is 0 Å². The summed E-state index contributed by atoms with van der Waals surface area (Å²) in [5.41, 5.74) is 1.01. The zero-order valence-corrected chi connectivity index (χ0v) is 8.70. The van der Waals surface area contributed by atoms with Crippen LogP contribution in [0.15, 0.2) is 16.9 Å². The van der Waals surface area contributed by atoms with Crippen molar-refractivity contribution in [2.24, 2.45) is 5.92 Å². The maximum absolute atomic E-state index is 4.79. The molecule has 1 unspecified atom stereocenters. The van der Waals surface area contributed by atoms with Gasteiger partial charge in [-0.25, -0.2) is 0 Å². The van der Waals surface area contributed by atoms with E-state index >= 15 is 0 Å². The quantitative estimate of drug-likeness (QED) is 0.755. The third-order valence-electron chi connectivity index (χ3n) is 2.83. The first-order valence-electron chi connectivity index (χ1n) is 5.52. The molecule has 0 bridgehead atoms. The topological polar surface area (TPSA) is 38.1 Å². The highest BCUT2D eigenvalue weighted by Gasteiger charge is 2.29. The van der Waals surface area contributed by atoms with E-state index in [-0.39, 0.29) is 0 Å². The van der Waals surface area contributed by atoms with Crippen LogP contribution in [-0.2, 0) is 6.54 Å². The second-order valence-electron chi connectivity index (χ2n) is 4.10. The highest BCUT2D eigenvalue weighted by atomic mass is 16.5. The minimum absolute atomic E-state index is 0.691. The van der Waals surface area contributed by atoms with E-state index in [9.17, 15) is 0 Å². The summed E-state index contributed by atoms with van der Waals surface area (Å²) in [4.78, 5) is 0. The molecule has 1 saturated carbocycles.